The summed E-state index contributed by atoms with van der Waals surface area (Å²) in [6, 6.07) is 4.97. The van der Waals surface area contributed by atoms with Gasteiger partial charge in [0.15, 0.2) is 0 Å². The Morgan fingerprint density at radius 3 is 2.35 bits per heavy atom. The maximum absolute atomic E-state index is 12.5. The highest BCUT2D eigenvalue weighted by Gasteiger charge is 2.44. The van der Waals surface area contributed by atoms with Crippen LogP contribution in [0, 0.1) is 11.8 Å². The van der Waals surface area contributed by atoms with E-state index in [1.165, 1.54) is 12.1 Å². The van der Waals surface area contributed by atoms with Crippen molar-refractivity contribution in [3.63, 3.8) is 0 Å². The van der Waals surface area contributed by atoms with Gasteiger partial charge in [0.1, 0.15) is 0 Å². The summed E-state index contributed by atoms with van der Waals surface area (Å²) in [5.74, 6) is -0.417. The molecule has 128 valence electrons. The second kappa shape index (κ2) is 6.15. The fourth-order valence-electron chi connectivity index (χ4n) is 2.37. The SMILES string of the molecule is CC(C)C(C)(O)CNC(=O)C1CC1c1ccc(C(F)(F)F)cc1. The molecule has 1 aliphatic rings. The van der Waals surface area contributed by atoms with Crippen molar-refractivity contribution in [2.24, 2.45) is 11.8 Å². The van der Waals surface area contributed by atoms with Gasteiger partial charge in [0, 0.05) is 12.5 Å². The molecular weight excluding hydrogens is 307 g/mol. The average Bonchev–Trinajstić information content (AvgIpc) is 3.24. The van der Waals surface area contributed by atoms with Crippen molar-refractivity contribution < 1.29 is 23.1 Å². The summed E-state index contributed by atoms with van der Waals surface area (Å²) in [6.07, 6.45) is -3.72. The second-order valence-electron chi connectivity index (χ2n) is 6.80. The van der Waals surface area contributed by atoms with Crippen molar-refractivity contribution in [1.82, 2.24) is 5.32 Å². The van der Waals surface area contributed by atoms with Crippen molar-refractivity contribution >= 4 is 5.91 Å². The molecule has 1 amide bonds. The minimum absolute atomic E-state index is 0.00714. The summed E-state index contributed by atoms with van der Waals surface area (Å²) >= 11 is 0. The van der Waals surface area contributed by atoms with Crippen molar-refractivity contribution in [1.29, 1.82) is 0 Å². The average molecular weight is 329 g/mol. The highest BCUT2D eigenvalue weighted by Crippen LogP contribution is 2.48. The van der Waals surface area contributed by atoms with E-state index in [-0.39, 0.29) is 30.2 Å². The monoisotopic (exact) mass is 329 g/mol. The molecule has 0 aliphatic heterocycles. The van der Waals surface area contributed by atoms with Crippen LogP contribution in [0.5, 0.6) is 0 Å². The molecule has 1 saturated carbocycles. The van der Waals surface area contributed by atoms with Crippen molar-refractivity contribution in [2.75, 3.05) is 6.54 Å². The van der Waals surface area contributed by atoms with E-state index >= 15 is 0 Å². The van der Waals surface area contributed by atoms with Crippen LogP contribution < -0.4 is 5.32 Å². The van der Waals surface area contributed by atoms with Crippen LogP contribution in [-0.4, -0.2) is 23.2 Å². The molecule has 1 aromatic carbocycles. The lowest BCUT2D eigenvalue weighted by Gasteiger charge is -2.27. The molecule has 2 N–H and O–H groups in total. The summed E-state index contributed by atoms with van der Waals surface area (Å²) in [4.78, 5) is 12.1. The van der Waals surface area contributed by atoms with E-state index in [4.69, 9.17) is 0 Å². The molecule has 6 heteroatoms. The number of carbonyl (C=O) groups excluding carboxylic acids is 1. The predicted molar refractivity (Wildman–Crippen MR) is 80.8 cm³/mol. The first-order chi connectivity index (χ1) is 10.5. The Labute approximate surface area is 133 Å². The Morgan fingerprint density at radius 2 is 1.87 bits per heavy atom. The molecule has 0 radical (unpaired) electrons. The van der Waals surface area contributed by atoms with Gasteiger partial charge < -0.3 is 10.4 Å². The third-order valence-electron chi connectivity index (χ3n) is 4.66. The minimum Gasteiger partial charge on any atom is -0.388 e. The zero-order valence-corrected chi connectivity index (χ0v) is 13.4. The Hall–Kier alpha value is -1.56. The summed E-state index contributed by atoms with van der Waals surface area (Å²) in [7, 11) is 0. The number of halogens is 3. The smallest absolute Gasteiger partial charge is 0.388 e. The molecule has 23 heavy (non-hydrogen) atoms. The van der Waals surface area contributed by atoms with Crippen molar-refractivity contribution in [3.8, 4) is 0 Å². The Bertz CT molecular complexity index is 564. The van der Waals surface area contributed by atoms with E-state index < -0.39 is 17.3 Å². The lowest BCUT2D eigenvalue weighted by Crippen LogP contribution is -2.44. The summed E-state index contributed by atoms with van der Waals surface area (Å²) < 4.78 is 37.6. The van der Waals surface area contributed by atoms with E-state index in [0.717, 1.165) is 17.7 Å². The van der Waals surface area contributed by atoms with Gasteiger partial charge in [-0.05, 0) is 42.9 Å². The number of carbonyl (C=O) groups is 1. The number of rotatable bonds is 5. The van der Waals surface area contributed by atoms with Gasteiger partial charge in [0.25, 0.3) is 0 Å². The standard InChI is InChI=1S/C17H22F3NO2/c1-10(2)16(3,23)9-21-15(22)14-8-13(14)11-4-6-12(7-5-11)17(18,19)20/h4-7,10,13-14,23H,8-9H2,1-3H3,(H,21,22). The first-order valence-electron chi connectivity index (χ1n) is 7.69. The van der Waals surface area contributed by atoms with Crippen LogP contribution >= 0.6 is 0 Å². The summed E-state index contributed by atoms with van der Waals surface area (Å²) in [6.45, 7) is 5.57. The number of nitrogens with one attached hydrogen (secondary N) is 1. The Kier molecular flexibility index (Phi) is 4.76. The van der Waals surface area contributed by atoms with E-state index in [1.807, 2.05) is 13.8 Å². The van der Waals surface area contributed by atoms with Crippen LogP contribution in [0.4, 0.5) is 13.2 Å². The fraction of sp³-hybridized carbons (Fsp3) is 0.588. The van der Waals surface area contributed by atoms with E-state index in [9.17, 15) is 23.1 Å². The third kappa shape index (κ3) is 4.25. The van der Waals surface area contributed by atoms with Gasteiger partial charge in [-0.15, -0.1) is 0 Å². The molecule has 1 fully saturated rings. The second-order valence-corrected chi connectivity index (χ2v) is 6.80. The van der Waals surface area contributed by atoms with Gasteiger partial charge >= 0.3 is 6.18 Å². The molecule has 1 aromatic rings. The van der Waals surface area contributed by atoms with Crippen molar-refractivity contribution in [2.45, 2.75) is 44.9 Å². The van der Waals surface area contributed by atoms with Crippen LogP contribution in [0.3, 0.4) is 0 Å². The largest absolute Gasteiger partial charge is 0.416 e. The first-order valence-corrected chi connectivity index (χ1v) is 7.69. The molecule has 1 aliphatic carbocycles. The van der Waals surface area contributed by atoms with Gasteiger partial charge in [0.05, 0.1) is 11.2 Å². The quantitative estimate of drug-likeness (QED) is 0.870. The van der Waals surface area contributed by atoms with Crippen LogP contribution in [0.25, 0.3) is 0 Å². The highest BCUT2D eigenvalue weighted by atomic mass is 19.4. The van der Waals surface area contributed by atoms with E-state index in [0.29, 0.717) is 6.42 Å². The minimum atomic E-state index is -4.35. The lowest BCUT2D eigenvalue weighted by molar-refractivity contribution is -0.137. The lowest BCUT2D eigenvalue weighted by atomic mass is 9.92. The Morgan fingerprint density at radius 1 is 1.30 bits per heavy atom. The molecule has 0 saturated heterocycles. The topological polar surface area (TPSA) is 49.3 Å². The van der Waals surface area contributed by atoms with Crippen LogP contribution in [0.15, 0.2) is 24.3 Å². The van der Waals surface area contributed by atoms with Gasteiger partial charge in [-0.3, -0.25) is 4.79 Å². The molecule has 3 atom stereocenters. The number of amides is 1. The van der Waals surface area contributed by atoms with E-state index in [2.05, 4.69) is 5.32 Å². The van der Waals surface area contributed by atoms with Gasteiger partial charge in [-0.1, -0.05) is 26.0 Å². The molecular formula is C17H22F3NO2. The van der Waals surface area contributed by atoms with Crippen LogP contribution in [0.2, 0.25) is 0 Å². The summed E-state index contributed by atoms with van der Waals surface area (Å²) in [5, 5.41) is 12.8. The molecule has 2 rings (SSSR count). The van der Waals surface area contributed by atoms with Gasteiger partial charge in [-0.2, -0.15) is 13.2 Å². The third-order valence-corrected chi connectivity index (χ3v) is 4.66. The Balaban J connectivity index is 1.91. The van der Waals surface area contributed by atoms with Gasteiger partial charge in [-0.25, -0.2) is 0 Å². The number of hydrogen-bond donors (Lipinski definition) is 2. The number of aliphatic hydroxyl groups is 1. The number of alkyl halides is 3. The highest BCUT2D eigenvalue weighted by molar-refractivity contribution is 5.82. The number of hydrogen-bond acceptors (Lipinski definition) is 2. The van der Waals surface area contributed by atoms with Gasteiger partial charge in [0.2, 0.25) is 5.91 Å². The van der Waals surface area contributed by atoms with Crippen LogP contribution in [-0.2, 0) is 11.0 Å². The molecule has 0 heterocycles. The first kappa shape index (κ1) is 17.8. The maximum Gasteiger partial charge on any atom is 0.416 e. The molecule has 0 spiro atoms. The predicted octanol–water partition coefficient (Wildman–Crippen LogP) is 3.33. The van der Waals surface area contributed by atoms with Crippen LogP contribution in [0.1, 0.15) is 44.2 Å². The van der Waals surface area contributed by atoms with E-state index in [1.54, 1.807) is 6.92 Å². The fourth-order valence-corrected chi connectivity index (χ4v) is 2.37. The molecule has 3 unspecified atom stereocenters. The zero-order chi connectivity index (χ0) is 17.4. The van der Waals surface area contributed by atoms with Crippen molar-refractivity contribution in [3.05, 3.63) is 35.4 Å². The molecule has 0 aromatic heterocycles. The normalized spacial score (nSPS) is 23.5. The molecule has 3 nitrogen and oxygen atoms in total. The molecule has 0 bridgehead atoms. The zero-order valence-electron chi connectivity index (χ0n) is 13.4. The number of benzene rings is 1. The maximum atomic E-state index is 12.5. The summed E-state index contributed by atoms with van der Waals surface area (Å²) in [5.41, 5.74) is -0.918.